The third-order valence-electron chi connectivity index (χ3n) is 4.55. The minimum absolute atomic E-state index is 0.476. The van der Waals surface area contributed by atoms with E-state index in [2.05, 4.69) is 45.2 Å². The quantitative estimate of drug-likeness (QED) is 0.801. The standard InChI is InChI=1S/C17H21N5S/c1-11-5-3-7-14-16(11)19-17(18-14)13-6-4-8-22(9-13)10-15-21-20-12(2)23-15/h3,5,7,13H,4,6,8-10H2,1-2H3,(H,18,19)/t13-/m0/s1. The highest BCUT2D eigenvalue weighted by Crippen LogP contribution is 2.28. The van der Waals surface area contributed by atoms with Gasteiger partial charge in [-0.1, -0.05) is 12.1 Å². The number of likely N-dealkylation sites (tertiary alicyclic amines) is 1. The Bertz CT molecular complexity index is 821. The summed E-state index contributed by atoms with van der Waals surface area (Å²) in [5, 5.41) is 10.5. The monoisotopic (exact) mass is 327 g/mol. The lowest BCUT2D eigenvalue weighted by molar-refractivity contribution is 0.196. The van der Waals surface area contributed by atoms with Gasteiger partial charge in [0.05, 0.1) is 17.6 Å². The van der Waals surface area contributed by atoms with Gasteiger partial charge in [0.2, 0.25) is 0 Å². The molecule has 0 aliphatic carbocycles. The SMILES string of the molecule is Cc1nnc(CN2CCC[C@H](c3nc4c(C)cccc4[nH]3)C2)s1. The number of H-pyrrole nitrogens is 1. The van der Waals surface area contributed by atoms with Gasteiger partial charge in [-0.25, -0.2) is 4.98 Å². The van der Waals surface area contributed by atoms with Crippen LogP contribution in [0.4, 0.5) is 0 Å². The Morgan fingerprint density at radius 3 is 3.00 bits per heavy atom. The Hall–Kier alpha value is -1.79. The van der Waals surface area contributed by atoms with E-state index in [1.807, 2.05) is 6.92 Å². The van der Waals surface area contributed by atoms with Crippen LogP contribution in [0.3, 0.4) is 0 Å². The van der Waals surface area contributed by atoms with E-state index in [0.717, 1.165) is 46.5 Å². The van der Waals surface area contributed by atoms with Gasteiger partial charge in [-0.15, -0.1) is 21.5 Å². The molecule has 1 aliphatic heterocycles. The Balaban J connectivity index is 1.52. The van der Waals surface area contributed by atoms with Crippen LogP contribution in [-0.2, 0) is 6.54 Å². The van der Waals surface area contributed by atoms with E-state index in [9.17, 15) is 0 Å². The second-order valence-electron chi connectivity index (χ2n) is 6.38. The number of piperidine rings is 1. The first-order valence-corrected chi connectivity index (χ1v) is 8.97. The summed E-state index contributed by atoms with van der Waals surface area (Å²) in [4.78, 5) is 10.9. The zero-order valence-electron chi connectivity index (χ0n) is 13.5. The summed E-state index contributed by atoms with van der Waals surface area (Å²) in [6.45, 7) is 7.21. The first-order chi connectivity index (χ1) is 11.2. The highest BCUT2D eigenvalue weighted by molar-refractivity contribution is 7.11. The number of aryl methyl sites for hydroxylation is 2. The highest BCUT2D eigenvalue weighted by atomic mass is 32.1. The molecule has 2 aromatic heterocycles. The normalized spacial score (nSPS) is 19.5. The van der Waals surface area contributed by atoms with Crippen molar-refractivity contribution >= 4 is 22.4 Å². The topological polar surface area (TPSA) is 57.7 Å². The lowest BCUT2D eigenvalue weighted by atomic mass is 9.97. The minimum Gasteiger partial charge on any atom is -0.342 e. The van der Waals surface area contributed by atoms with Crippen LogP contribution in [-0.4, -0.2) is 38.2 Å². The summed E-state index contributed by atoms with van der Waals surface area (Å²) >= 11 is 1.70. The second kappa shape index (κ2) is 6.02. The molecule has 0 saturated carbocycles. The van der Waals surface area contributed by atoms with Gasteiger partial charge in [0.25, 0.3) is 0 Å². The van der Waals surface area contributed by atoms with E-state index >= 15 is 0 Å². The first kappa shape index (κ1) is 14.8. The lowest BCUT2D eigenvalue weighted by Crippen LogP contribution is -2.34. The molecular formula is C17H21N5S. The molecule has 1 N–H and O–H groups in total. The molecule has 1 aliphatic rings. The Morgan fingerprint density at radius 1 is 1.30 bits per heavy atom. The van der Waals surface area contributed by atoms with Gasteiger partial charge in [0.1, 0.15) is 15.8 Å². The Morgan fingerprint density at radius 2 is 2.22 bits per heavy atom. The number of para-hydroxylation sites is 1. The molecule has 0 amide bonds. The largest absolute Gasteiger partial charge is 0.342 e. The third-order valence-corrected chi connectivity index (χ3v) is 5.38. The maximum Gasteiger partial charge on any atom is 0.131 e. The maximum absolute atomic E-state index is 4.87. The Kier molecular flexibility index (Phi) is 3.87. The number of hydrogen-bond donors (Lipinski definition) is 1. The van der Waals surface area contributed by atoms with Crippen LogP contribution in [0.15, 0.2) is 18.2 Å². The van der Waals surface area contributed by atoms with Gasteiger partial charge in [-0.3, -0.25) is 4.90 Å². The number of imidazole rings is 1. The van der Waals surface area contributed by atoms with Crippen molar-refractivity contribution in [3.8, 4) is 0 Å². The van der Waals surface area contributed by atoms with Crippen molar-refractivity contribution in [3.63, 3.8) is 0 Å². The number of hydrogen-bond acceptors (Lipinski definition) is 5. The average molecular weight is 327 g/mol. The van der Waals surface area contributed by atoms with Gasteiger partial charge in [0, 0.05) is 12.5 Å². The predicted octanol–water partition coefficient (Wildman–Crippen LogP) is 3.41. The van der Waals surface area contributed by atoms with Crippen molar-refractivity contribution in [3.05, 3.63) is 39.6 Å². The van der Waals surface area contributed by atoms with Crippen molar-refractivity contribution in [1.82, 2.24) is 25.1 Å². The molecule has 0 radical (unpaired) electrons. The van der Waals surface area contributed by atoms with Gasteiger partial charge < -0.3 is 4.98 Å². The lowest BCUT2D eigenvalue weighted by Gasteiger charge is -2.30. The number of nitrogens with one attached hydrogen (secondary N) is 1. The number of fused-ring (bicyclic) bond motifs is 1. The molecule has 1 saturated heterocycles. The average Bonchev–Trinajstić information content (AvgIpc) is 3.15. The fourth-order valence-electron chi connectivity index (χ4n) is 3.40. The molecule has 3 aromatic rings. The first-order valence-electron chi connectivity index (χ1n) is 8.15. The molecule has 120 valence electrons. The zero-order chi connectivity index (χ0) is 15.8. The molecule has 1 atom stereocenters. The summed E-state index contributed by atoms with van der Waals surface area (Å²) in [5.41, 5.74) is 3.50. The molecule has 6 heteroatoms. The molecule has 23 heavy (non-hydrogen) atoms. The van der Waals surface area contributed by atoms with E-state index < -0.39 is 0 Å². The smallest absolute Gasteiger partial charge is 0.131 e. The second-order valence-corrected chi connectivity index (χ2v) is 7.65. The number of rotatable bonds is 3. The van der Waals surface area contributed by atoms with E-state index in [-0.39, 0.29) is 0 Å². The summed E-state index contributed by atoms with van der Waals surface area (Å²) < 4.78 is 0. The van der Waals surface area contributed by atoms with Gasteiger partial charge >= 0.3 is 0 Å². The van der Waals surface area contributed by atoms with Crippen molar-refractivity contribution in [1.29, 1.82) is 0 Å². The molecule has 5 nitrogen and oxygen atoms in total. The van der Waals surface area contributed by atoms with Crippen molar-refractivity contribution in [2.24, 2.45) is 0 Å². The van der Waals surface area contributed by atoms with Crippen LogP contribution >= 0.6 is 11.3 Å². The van der Waals surface area contributed by atoms with E-state index in [4.69, 9.17) is 4.98 Å². The fraction of sp³-hybridized carbons (Fsp3) is 0.471. The van der Waals surface area contributed by atoms with Crippen LogP contribution in [0.2, 0.25) is 0 Å². The van der Waals surface area contributed by atoms with E-state index in [1.165, 1.54) is 18.4 Å². The molecule has 4 rings (SSSR count). The molecule has 0 unspecified atom stereocenters. The third kappa shape index (κ3) is 3.01. The number of benzene rings is 1. The van der Waals surface area contributed by atoms with Crippen LogP contribution in [0.25, 0.3) is 11.0 Å². The molecule has 3 heterocycles. The molecule has 1 fully saturated rings. The van der Waals surface area contributed by atoms with Crippen LogP contribution in [0.5, 0.6) is 0 Å². The van der Waals surface area contributed by atoms with E-state index in [0.29, 0.717) is 5.92 Å². The maximum atomic E-state index is 4.87. The summed E-state index contributed by atoms with van der Waals surface area (Å²) in [5.74, 6) is 1.61. The van der Waals surface area contributed by atoms with E-state index in [1.54, 1.807) is 11.3 Å². The zero-order valence-corrected chi connectivity index (χ0v) is 14.4. The Labute approximate surface area is 139 Å². The summed E-state index contributed by atoms with van der Waals surface area (Å²) in [6.07, 6.45) is 2.41. The number of nitrogens with zero attached hydrogens (tertiary/aromatic N) is 4. The van der Waals surface area contributed by atoms with Gasteiger partial charge in [0.15, 0.2) is 0 Å². The van der Waals surface area contributed by atoms with Crippen LogP contribution < -0.4 is 0 Å². The van der Waals surface area contributed by atoms with Crippen LogP contribution in [0.1, 0.15) is 40.2 Å². The fourth-order valence-corrected chi connectivity index (χ4v) is 4.15. The van der Waals surface area contributed by atoms with Gasteiger partial charge in [-0.2, -0.15) is 0 Å². The highest BCUT2D eigenvalue weighted by Gasteiger charge is 2.24. The number of aromatic amines is 1. The number of aromatic nitrogens is 4. The van der Waals surface area contributed by atoms with Crippen LogP contribution in [0, 0.1) is 13.8 Å². The van der Waals surface area contributed by atoms with Gasteiger partial charge in [-0.05, 0) is 44.9 Å². The predicted molar refractivity (Wildman–Crippen MR) is 92.7 cm³/mol. The van der Waals surface area contributed by atoms with Crippen molar-refractivity contribution < 1.29 is 0 Å². The minimum atomic E-state index is 0.476. The molecular weight excluding hydrogens is 306 g/mol. The molecule has 1 aromatic carbocycles. The molecule has 0 spiro atoms. The van der Waals surface area contributed by atoms with Crippen molar-refractivity contribution in [2.75, 3.05) is 13.1 Å². The molecule has 0 bridgehead atoms. The summed E-state index contributed by atoms with van der Waals surface area (Å²) in [6, 6.07) is 6.33. The van der Waals surface area contributed by atoms with Crippen molar-refractivity contribution in [2.45, 2.75) is 39.2 Å². The summed E-state index contributed by atoms with van der Waals surface area (Å²) in [7, 11) is 0.